The van der Waals surface area contributed by atoms with E-state index in [0.717, 1.165) is 19.3 Å². The zero-order chi connectivity index (χ0) is 19.0. The summed E-state index contributed by atoms with van der Waals surface area (Å²) in [5.74, 6) is -0.826. The van der Waals surface area contributed by atoms with E-state index in [1.165, 1.54) is 51.4 Å². The first kappa shape index (κ1) is 24.4. The quantitative estimate of drug-likeness (QED) is 0.211. The maximum absolute atomic E-state index is 11.7. The van der Waals surface area contributed by atoms with E-state index in [1.807, 2.05) is 6.92 Å². The number of ether oxygens (including phenoxy) is 1. The molecule has 0 aromatic heterocycles. The van der Waals surface area contributed by atoms with Crippen LogP contribution in [0.1, 0.15) is 104 Å². The second kappa shape index (κ2) is 15.6. The molecule has 0 fully saturated rings. The summed E-state index contributed by atoms with van der Waals surface area (Å²) >= 11 is 0. The Morgan fingerprint density at radius 2 is 1.24 bits per heavy atom. The fourth-order valence-electron chi connectivity index (χ4n) is 2.85. The third kappa shape index (κ3) is 14.3. The van der Waals surface area contributed by atoms with Gasteiger partial charge in [-0.1, -0.05) is 90.9 Å². The number of carbonyl (C=O) groups is 1. The van der Waals surface area contributed by atoms with Crippen LogP contribution in [0.5, 0.6) is 0 Å². The standard InChI is InChI=1S/C19H38O5S/c1-3-5-6-7-8-9-10-11-12-13-14-15-16-18(25(21,22)23)19(20)24-17-4-2/h18H,3-17H2,1-2H3,(H,21,22,23). The van der Waals surface area contributed by atoms with Crippen LogP contribution in [-0.2, 0) is 19.6 Å². The van der Waals surface area contributed by atoms with E-state index in [1.54, 1.807) is 0 Å². The highest BCUT2D eigenvalue weighted by atomic mass is 32.2. The lowest BCUT2D eigenvalue weighted by Crippen LogP contribution is -2.31. The number of unbranched alkanes of at least 4 members (excludes halogenated alkanes) is 11. The second-order valence-electron chi connectivity index (χ2n) is 6.85. The molecule has 1 atom stereocenters. The molecule has 0 aliphatic rings. The second-order valence-corrected chi connectivity index (χ2v) is 8.45. The summed E-state index contributed by atoms with van der Waals surface area (Å²) in [5, 5.41) is -1.43. The summed E-state index contributed by atoms with van der Waals surface area (Å²) in [6.45, 7) is 4.25. The van der Waals surface area contributed by atoms with Crippen LogP contribution in [0.25, 0.3) is 0 Å². The van der Waals surface area contributed by atoms with Crippen LogP contribution in [0.3, 0.4) is 0 Å². The molecule has 5 nitrogen and oxygen atoms in total. The number of carbonyl (C=O) groups excluding carboxylic acids is 1. The maximum atomic E-state index is 11.7. The summed E-state index contributed by atoms with van der Waals surface area (Å²) in [7, 11) is -4.38. The molecular weight excluding hydrogens is 340 g/mol. The predicted octanol–water partition coefficient (Wildman–Crippen LogP) is 5.29. The molecule has 0 aromatic carbocycles. The molecule has 0 heterocycles. The predicted molar refractivity (Wildman–Crippen MR) is 102 cm³/mol. The average molecular weight is 379 g/mol. The first-order valence-electron chi connectivity index (χ1n) is 10.1. The van der Waals surface area contributed by atoms with Crippen LogP contribution < -0.4 is 0 Å². The van der Waals surface area contributed by atoms with E-state index >= 15 is 0 Å². The molecule has 0 spiro atoms. The molecule has 0 aliphatic carbocycles. The lowest BCUT2D eigenvalue weighted by atomic mass is 10.0. The van der Waals surface area contributed by atoms with E-state index in [4.69, 9.17) is 4.74 Å². The van der Waals surface area contributed by atoms with Crippen molar-refractivity contribution in [3.63, 3.8) is 0 Å². The molecule has 0 radical (unpaired) electrons. The summed E-state index contributed by atoms with van der Waals surface area (Å²) in [4.78, 5) is 11.7. The fourth-order valence-corrected chi connectivity index (χ4v) is 3.63. The molecule has 0 aliphatic heterocycles. The van der Waals surface area contributed by atoms with E-state index in [9.17, 15) is 17.8 Å². The molecule has 150 valence electrons. The lowest BCUT2D eigenvalue weighted by molar-refractivity contribution is -0.143. The largest absolute Gasteiger partial charge is 0.465 e. The molecule has 1 N–H and O–H groups in total. The lowest BCUT2D eigenvalue weighted by Gasteiger charge is -2.12. The highest BCUT2D eigenvalue weighted by Crippen LogP contribution is 2.15. The molecule has 0 amide bonds. The molecular formula is C19H38O5S. The molecule has 0 saturated heterocycles. The third-order valence-electron chi connectivity index (χ3n) is 4.39. The van der Waals surface area contributed by atoms with Gasteiger partial charge in [0.2, 0.25) is 0 Å². The minimum Gasteiger partial charge on any atom is -0.465 e. The minimum atomic E-state index is -4.38. The summed E-state index contributed by atoms with van der Waals surface area (Å²) in [5.41, 5.74) is 0. The summed E-state index contributed by atoms with van der Waals surface area (Å²) in [6, 6.07) is 0. The van der Waals surface area contributed by atoms with Gasteiger partial charge in [0.25, 0.3) is 10.1 Å². The first-order valence-corrected chi connectivity index (χ1v) is 11.6. The smallest absolute Gasteiger partial charge is 0.326 e. The molecule has 25 heavy (non-hydrogen) atoms. The van der Waals surface area contributed by atoms with Gasteiger partial charge in [0.05, 0.1) is 6.61 Å². The Bertz CT molecular complexity index is 420. The van der Waals surface area contributed by atoms with Crippen molar-refractivity contribution in [2.24, 2.45) is 0 Å². The van der Waals surface area contributed by atoms with Gasteiger partial charge in [-0.25, -0.2) is 0 Å². The number of hydrogen-bond donors (Lipinski definition) is 1. The van der Waals surface area contributed by atoms with Crippen LogP contribution in [0.4, 0.5) is 0 Å². The third-order valence-corrected chi connectivity index (χ3v) is 5.54. The van der Waals surface area contributed by atoms with Gasteiger partial charge in [-0.3, -0.25) is 9.35 Å². The van der Waals surface area contributed by atoms with Gasteiger partial charge in [-0.15, -0.1) is 0 Å². The molecule has 0 rings (SSSR count). The van der Waals surface area contributed by atoms with Crippen molar-refractivity contribution in [1.82, 2.24) is 0 Å². The van der Waals surface area contributed by atoms with E-state index in [2.05, 4.69) is 6.92 Å². The van der Waals surface area contributed by atoms with Gasteiger partial charge >= 0.3 is 5.97 Å². The van der Waals surface area contributed by atoms with E-state index < -0.39 is 21.3 Å². The van der Waals surface area contributed by atoms with Crippen molar-refractivity contribution in [2.45, 2.75) is 109 Å². The zero-order valence-corrected chi connectivity index (χ0v) is 17.0. The van der Waals surface area contributed by atoms with Gasteiger partial charge in [-0.05, 0) is 12.8 Å². The van der Waals surface area contributed by atoms with Gasteiger partial charge in [0, 0.05) is 0 Å². The van der Waals surface area contributed by atoms with Crippen molar-refractivity contribution >= 4 is 16.1 Å². The highest BCUT2D eigenvalue weighted by Gasteiger charge is 2.31. The molecule has 1 unspecified atom stereocenters. The van der Waals surface area contributed by atoms with Crippen LogP contribution >= 0.6 is 0 Å². The van der Waals surface area contributed by atoms with E-state index in [0.29, 0.717) is 12.8 Å². The van der Waals surface area contributed by atoms with E-state index in [-0.39, 0.29) is 13.0 Å². The fraction of sp³-hybridized carbons (Fsp3) is 0.947. The molecule has 0 aromatic rings. The van der Waals surface area contributed by atoms with Crippen LogP contribution in [0.2, 0.25) is 0 Å². The Morgan fingerprint density at radius 3 is 1.64 bits per heavy atom. The zero-order valence-electron chi connectivity index (χ0n) is 16.2. The Morgan fingerprint density at radius 1 is 0.800 bits per heavy atom. The van der Waals surface area contributed by atoms with Crippen molar-refractivity contribution in [3.8, 4) is 0 Å². The minimum absolute atomic E-state index is 0.138. The molecule has 0 saturated carbocycles. The molecule has 0 bridgehead atoms. The summed E-state index contributed by atoms with van der Waals surface area (Å²) in [6.07, 6.45) is 14.9. The normalized spacial score (nSPS) is 12.9. The van der Waals surface area contributed by atoms with Crippen molar-refractivity contribution in [2.75, 3.05) is 6.61 Å². The van der Waals surface area contributed by atoms with Crippen LogP contribution in [-0.4, -0.2) is 30.8 Å². The average Bonchev–Trinajstić information content (AvgIpc) is 2.55. The van der Waals surface area contributed by atoms with Crippen molar-refractivity contribution in [1.29, 1.82) is 0 Å². The van der Waals surface area contributed by atoms with Crippen molar-refractivity contribution in [3.05, 3.63) is 0 Å². The SMILES string of the molecule is CCCCCCCCCCCCCCC(C(=O)OCCC)S(=O)(=O)O. The Labute approximate surface area is 154 Å². The topological polar surface area (TPSA) is 80.7 Å². The van der Waals surface area contributed by atoms with Crippen molar-refractivity contribution < 1.29 is 22.5 Å². The van der Waals surface area contributed by atoms with Gasteiger partial charge < -0.3 is 4.74 Å². The summed E-state index contributed by atoms with van der Waals surface area (Å²) < 4.78 is 36.7. The highest BCUT2D eigenvalue weighted by molar-refractivity contribution is 7.87. The van der Waals surface area contributed by atoms with Gasteiger partial charge in [0.1, 0.15) is 0 Å². The van der Waals surface area contributed by atoms with Gasteiger partial charge in [-0.2, -0.15) is 8.42 Å². The van der Waals surface area contributed by atoms with Crippen LogP contribution in [0, 0.1) is 0 Å². The number of rotatable bonds is 17. The Hall–Kier alpha value is -0.620. The number of esters is 1. The maximum Gasteiger partial charge on any atom is 0.326 e. The van der Waals surface area contributed by atoms with Gasteiger partial charge in [0.15, 0.2) is 5.25 Å². The molecule has 6 heteroatoms. The number of hydrogen-bond acceptors (Lipinski definition) is 4. The van der Waals surface area contributed by atoms with Crippen LogP contribution in [0.15, 0.2) is 0 Å². The monoisotopic (exact) mass is 378 g/mol. The Balaban J connectivity index is 3.70. The first-order chi connectivity index (χ1) is 11.9. The Kier molecular flexibility index (Phi) is 15.2.